The zero-order valence-corrected chi connectivity index (χ0v) is 17.1. The van der Waals surface area contributed by atoms with Crippen LogP contribution in [-0.4, -0.2) is 43.2 Å². The maximum absolute atomic E-state index is 12.8. The molecule has 1 heterocycles. The Morgan fingerprint density at radius 3 is 2.30 bits per heavy atom. The molecule has 0 spiro atoms. The second kappa shape index (κ2) is 9.68. The molecule has 2 aromatic rings. The largest absolute Gasteiger partial charge is 0.477 e. The molecule has 0 saturated carbocycles. The van der Waals surface area contributed by atoms with E-state index < -0.39 is 27.5 Å². The smallest absolute Gasteiger partial charge is 0.310 e. The van der Waals surface area contributed by atoms with Gasteiger partial charge in [0.05, 0.1) is 9.82 Å². The van der Waals surface area contributed by atoms with Gasteiger partial charge in [-0.2, -0.15) is 4.31 Å². The Kier molecular flexibility index (Phi) is 7.01. The van der Waals surface area contributed by atoms with E-state index in [2.05, 4.69) is 5.32 Å². The van der Waals surface area contributed by atoms with Crippen LogP contribution in [-0.2, 0) is 14.8 Å². The number of hydrogen-bond donors (Lipinski definition) is 1. The lowest BCUT2D eigenvalue weighted by Crippen LogP contribution is -2.31. The van der Waals surface area contributed by atoms with Crippen LogP contribution in [0.5, 0.6) is 5.75 Å². The number of carbonyl (C=O) groups excluding carboxylic acids is 1. The number of nitrogens with zero attached hydrogens (tertiary/aromatic N) is 2. The number of nitro benzene ring substituents is 1. The van der Waals surface area contributed by atoms with Crippen molar-refractivity contribution in [2.75, 3.05) is 25.0 Å². The fourth-order valence-corrected chi connectivity index (χ4v) is 4.73. The van der Waals surface area contributed by atoms with E-state index in [1.54, 1.807) is 6.07 Å². The summed E-state index contributed by atoms with van der Waals surface area (Å²) in [5.41, 5.74) is 0.175. The molecule has 0 unspecified atom stereocenters. The minimum Gasteiger partial charge on any atom is -0.477 e. The second-order valence-corrected chi connectivity index (χ2v) is 8.84. The molecule has 1 aliphatic heterocycles. The van der Waals surface area contributed by atoms with Gasteiger partial charge in [-0.25, -0.2) is 8.42 Å². The van der Waals surface area contributed by atoms with Crippen molar-refractivity contribution in [2.24, 2.45) is 0 Å². The molecule has 10 heteroatoms. The lowest BCUT2D eigenvalue weighted by molar-refractivity contribution is -0.385. The summed E-state index contributed by atoms with van der Waals surface area (Å²) >= 11 is 0. The summed E-state index contributed by atoms with van der Waals surface area (Å²) in [6.07, 6.45) is 3.77. The molecule has 1 fully saturated rings. The number of amides is 1. The van der Waals surface area contributed by atoms with Gasteiger partial charge in [0.2, 0.25) is 10.0 Å². The predicted octanol–water partition coefficient (Wildman–Crippen LogP) is 3.18. The van der Waals surface area contributed by atoms with Gasteiger partial charge in [0.25, 0.3) is 5.91 Å². The molecule has 0 bridgehead atoms. The van der Waals surface area contributed by atoms with Crippen LogP contribution in [0.15, 0.2) is 53.4 Å². The standard InChI is InChI=1S/C20H23N3O6S/c24-20(15-29-19-8-4-3-7-18(19)23(25)26)21-16-9-11-17(12-10-16)30(27,28)22-13-5-1-2-6-14-22/h3-4,7-12H,1-2,5-6,13-15H2,(H,21,24). The van der Waals surface area contributed by atoms with Crippen molar-refractivity contribution in [1.29, 1.82) is 0 Å². The number of ether oxygens (including phenoxy) is 1. The van der Waals surface area contributed by atoms with E-state index in [1.165, 1.54) is 46.8 Å². The van der Waals surface area contributed by atoms with Gasteiger partial charge in [0.1, 0.15) is 0 Å². The number of benzene rings is 2. The zero-order chi connectivity index (χ0) is 21.6. The lowest BCUT2D eigenvalue weighted by Gasteiger charge is -2.20. The molecule has 0 radical (unpaired) electrons. The van der Waals surface area contributed by atoms with Gasteiger partial charge in [0.15, 0.2) is 12.4 Å². The maximum Gasteiger partial charge on any atom is 0.310 e. The molecule has 0 atom stereocenters. The first-order valence-corrected chi connectivity index (χ1v) is 11.1. The maximum atomic E-state index is 12.8. The van der Waals surface area contributed by atoms with Crippen LogP contribution >= 0.6 is 0 Å². The third-order valence-corrected chi connectivity index (χ3v) is 6.67. The molecule has 0 aromatic heterocycles. The summed E-state index contributed by atoms with van der Waals surface area (Å²) in [4.78, 5) is 22.7. The average molecular weight is 433 g/mol. The zero-order valence-electron chi connectivity index (χ0n) is 16.3. The summed E-state index contributed by atoms with van der Waals surface area (Å²) in [6.45, 7) is 0.617. The fraction of sp³-hybridized carbons (Fsp3) is 0.350. The Hall–Kier alpha value is -2.98. The number of nitro groups is 1. The van der Waals surface area contributed by atoms with Crippen LogP contribution in [0.3, 0.4) is 0 Å². The molecule has 3 rings (SSSR count). The van der Waals surface area contributed by atoms with Crippen LogP contribution in [0.25, 0.3) is 0 Å². The van der Waals surface area contributed by atoms with Crippen LogP contribution in [0.4, 0.5) is 11.4 Å². The minimum atomic E-state index is -3.56. The van der Waals surface area contributed by atoms with Crippen LogP contribution in [0.2, 0.25) is 0 Å². The molecule has 9 nitrogen and oxygen atoms in total. The van der Waals surface area contributed by atoms with Crippen LogP contribution in [0, 0.1) is 10.1 Å². The second-order valence-electron chi connectivity index (χ2n) is 6.90. The quantitative estimate of drug-likeness (QED) is 0.529. The van der Waals surface area contributed by atoms with E-state index >= 15 is 0 Å². The molecule has 1 saturated heterocycles. The molecule has 1 aliphatic rings. The molecule has 30 heavy (non-hydrogen) atoms. The van der Waals surface area contributed by atoms with Crippen LogP contribution < -0.4 is 10.1 Å². The third-order valence-electron chi connectivity index (χ3n) is 4.76. The third kappa shape index (κ3) is 5.33. The van der Waals surface area contributed by atoms with E-state index in [4.69, 9.17) is 4.74 Å². The average Bonchev–Trinajstić information content (AvgIpc) is 3.03. The highest BCUT2D eigenvalue weighted by Gasteiger charge is 2.25. The van der Waals surface area contributed by atoms with E-state index in [9.17, 15) is 23.3 Å². The number of nitrogens with one attached hydrogen (secondary N) is 1. The van der Waals surface area contributed by atoms with E-state index in [-0.39, 0.29) is 16.3 Å². The number of carbonyl (C=O) groups is 1. The summed E-state index contributed by atoms with van der Waals surface area (Å²) in [7, 11) is -3.56. The Morgan fingerprint density at radius 2 is 1.67 bits per heavy atom. The SMILES string of the molecule is O=C(COc1ccccc1[N+](=O)[O-])Nc1ccc(S(=O)(=O)N2CCCCCC2)cc1. The van der Waals surface area contributed by atoms with E-state index in [0.29, 0.717) is 18.8 Å². The predicted molar refractivity (Wildman–Crippen MR) is 111 cm³/mol. The first-order valence-electron chi connectivity index (χ1n) is 9.64. The van der Waals surface area contributed by atoms with Gasteiger partial charge in [-0.15, -0.1) is 0 Å². The molecule has 2 aromatic carbocycles. The van der Waals surface area contributed by atoms with Gasteiger partial charge in [-0.3, -0.25) is 14.9 Å². The first kappa shape index (κ1) is 21.7. The summed E-state index contributed by atoms with van der Waals surface area (Å²) in [6, 6.07) is 11.7. The highest BCUT2D eigenvalue weighted by Crippen LogP contribution is 2.26. The van der Waals surface area contributed by atoms with Gasteiger partial charge < -0.3 is 10.1 Å². The van der Waals surface area contributed by atoms with Crippen molar-refractivity contribution in [2.45, 2.75) is 30.6 Å². The Morgan fingerprint density at radius 1 is 1.03 bits per heavy atom. The highest BCUT2D eigenvalue weighted by atomic mass is 32.2. The summed E-state index contributed by atoms with van der Waals surface area (Å²) < 4.78 is 32.3. The number of rotatable bonds is 7. The number of para-hydroxylation sites is 2. The summed E-state index contributed by atoms with van der Waals surface area (Å²) in [5.74, 6) is -0.521. The Balaban J connectivity index is 1.60. The van der Waals surface area contributed by atoms with Gasteiger partial charge >= 0.3 is 5.69 Å². The Labute approximate surface area is 174 Å². The molecular formula is C20H23N3O6S. The van der Waals surface area contributed by atoms with Gasteiger partial charge in [-0.05, 0) is 43.2 Å². The van der Waals surface area contributed by atoms with Crippen LogP contribution in [0.1, 0.15) is 25.7 Å². The molecule has 160 valence electrons. The van der Waals surface area contributed by atoms with Crippen molar-refractivity contribution in [1.82, 2.24) is 4.31 Å². The normalized spacial score (nSPS) is 15.2. The topological polar surface area (TPSA) is 119 Å². The number of anilines is 1. The van der Waals surface area contributed by atoms with Gasteiger partial charge in [0, 0.05) is 24.8 Å². The molecule has 0 aliphatic carbocycles. The van der Waals surface area contributed by atoms with E-state index in [0.717, 1.165) is 25.7 Å². The molecule has 1 N–H and O–H groups in total. The van der Waals surface area contributed by atoms with Crippen molar-refractivity contribution in [3.05, 3.63) is 58.6 Å². The van der Waals surface area contributed by atoms with Crippen molar-refractivity contribution < 1.29 is 22.9 Å². The van der Waals surface area contributed by atoms with Crippen molar-refractivity contribution >= 4 is 27.3 Å². The molecular weight excluding hydrogens is 410 g/mol. The van der Waals surface area contributed by atoms with Gasteiger partial charge in [-0.1, -0.05) is 25.0 Å². The lowest BCUT2D eigenvalue weighted by atomic mass is 10.2. The Bertz CT molecular complexity index is 999. The molecule has 1 amide bonds. The first-order chi connectivity index (χ1) is 14.4. The fourth-order valence-electron chi connectivity index (χ4n) is 3.21. The minimum absolute atomic E-state index is 0.00320. The highest BCUT2D eigenvalue weighted by molar-refractivity contribution is 7.89. The summed E-state index contributed by atoms with van der Waals surface area (Å²) in [5, 5.41) is 13.6. The van der Waals surface area contributed by atoms with Crippen molar-refractivity contribution in [3.63, 3.8) is 0 Å². The van der Waals surface area contributed by atoms with E-state index in [1.807, 2.05) is 0 Å². The van der Waals surface area contributed by atoms with Crippen molar-refractivity contribution in [3.8, 4) is 5.75 Å². The number of sulfonamides is 1. The monoisotopic (exact) mass is 433 g/mol. The number of hydrogen-bond acceptors (Lipinski definition) is 6.